The van der Waals surface area contributed by atoms with E-state index in [0.29, 0.717) is 19.6 Å². The summed E-state index contributed by atoms with van der Waals surface area (Å²) in [4.78, 5) is 33.6. The van der Waals surface area contributed by atoms with Gasteiger partial charge in [0, 0.05) is 26.6 Å². The van der Waals surface area contributed by atoms with Gasteiger partial charge in [0.2, 0.25) is 17.7 Å². The number of amides is 3. The SMILES string of the molecule is CCNC(=O)CC(=O)NCc1ccc(CNC(C)=O)cc1. The number of nitrogens with one attached hydrogen (secondary N) is 3. The van der Waals surface area contributed by atoms with Crippen LogP contribution in [0.5, 0.6) is 0 Å². The second-order valence-corrected chi connectivity index (χ2v) is 4.63. The molecule has 0 fully saturated rings. The molecule has 6 nitrogen and oxygen atoms in total. The molecule has 0 saturated carbocycles. The quantitative estimate of drug-likeness (QED) is 0.638. The fraction of sp³-hybridized carbons (Fsp3) is 0.400. The first-order chi connectivity index (χ1) is 10.0. The highest BCUT2D eigenvalue weighted by Crippen LogP contribution is 2.04. The van der Waals surface area contributed by atoms with E-state index in [0.717, 1.165) is 11.1 Å². The molecule has 0 unspecified atom stereocenters. The van der Waals surface area contributed by atoms with Crippen molar-refractivity contribution in [1.82, 2.24) is 16.0 Å². The van der Waals surface area contributed by atoms with Gasteiger partial charge in [-0.15, -0.1) is 0 Å². The lowest BCUT2D eigenvalue weighted by molar-refractivity contribution is -0.129. The second-order valence-electron chi connectivity index (χ2n) is 4.63. The van der Waals surface area contributed by atoms with Crippen LogP contribution >= 0.6 is 0 Å². The summed E-state index contributed by atoms with van der Waals surface area (Å²) in [5.74, 6) is -0.652. The van der Waals surface area contributed by atoms with Crippen molar-refractivity contribution in [2.24, 2.45) is 0 Å². The molecule has 0 atom stereocenters. The Balaban J connectivity index is 2.36. The van der Waals surface area contributed by atoms with Gasteiger partial charge in [0.05, 0.1) is 0 Å². The summed E-state index contributed by atoms with van der Waals surface area (Å²) >= 11 is 0. The fourth-order valence-corrected chi connectivity index (χ4v) is 1.67. The van der Waals surface area contributed by atoms with E-state index in [1.54, 1.807) is 6.92 Å². The average molecular weight is 291 g/mol. The molecule has 0 saturated heterocycles. The molecule has 3 amide bonds. The zero-order valence-corrected chi connectivity index (χ0v) is 12.4. The molecule has 114 valence electrons. The Hall–Kier alpha value is -2.37. The third-order valence-corrected chi connectivity index (χ3v) is 2.75. The Morgan fingerprint density at radius 1 is 0.857 bits per heavy atom. The average Bonchev–Trinajstić information content (AvgIpc) is 2.44. The second kappa shape index (κ2) is 8.73. The van der Waals surface area contributed by atoms with Crippen LogP contribution in [0.15, 0.2) is 24.3 Å². The largest absolute Gasteiger partial charge is 0.356 e. The highest BCUT2D eigenvalue weighted by Gasteiger charge is 2.07. The van der Waals surface area contributed by atoms with Crippen LogP contribution in [-0.4, -0.2) is 24.3 Å². The van der Waals surface area contributed by atoms with Crippen LogP contribution in [0, 0.1) is 0 Å². The van der Waals surface area contributed by atoms with Crippen molar-refractivity contribution in [3.05, 3.63) is 35.4 Å². The summed E-state index contributed by atoms with van der Waals surface area (Å²) in [6, 6.07) is 7.54. The van der Waals surface area contributed by atoms with Crippen LogP contribution in [0.3, 0.4) is 0 Å². The molecule has 1 rings (SSSR count). The minimum atomic E-state index is -0.303. The van der Waals surface area contributed by atoms with Gasteiger partial charge < -0.3 is 16.0 Å². The van der Waals surface area contributed by atoms with E-state index in [1.807, 2.05) is 24.3 Å². The van der Waals surface area contributed by atoms with Gasteiger partial charge in [-0.3, -0.25) is 14.4 Å². The molecule has 0 aliphatic rings. The minimum absolute atomic E-state index is 0.0725. The van der Waals surface area contributed by atoms with Crippen LogP contribution in [0.2, 0.25) is 0 Å². The highest BCUT2D eigenvalue weighted by atomic mass is 16.2. The van der Waals surface area contributed by atoms with E-state index >= 15 is 0 Å². The zero-order valence-electron chi connectivity index (χ0n) is 12.4. The molecule has 0 bridgehead atoms. The summed E-state index contributed by atoms with van der Waals surface area (Å²) in [6.07, 6.45) is -0.158. The number of hydrogen-bond donors (Lipinski definition) is 3. The first kappa shape index (κ1) is 16.7. The molecule has 6 heteroatoms. The molecular formula is C15H21N3O3. The van der Waals surface area contributed by atoms with Crippen molar-refractivity contribution in [2.45, 2.75) is 33.4 Å². The van der Waals surface area contributed by atoms with Crippen LogP contribution in [0.4, 0.5) is 0 Å². The minimum Gasteiger partial charge on any atom is -0.356 e. The van der Waals surface area contributed by atoms with Gasteiger partial charge in [-0.2, -0.15) is 0 Å². The normalized spacial score (nSPS) is 9.81. The molecule has 0 spiro atoms. The molecule has 1 aromatic carbocycles. The Kier molecular flexibility index (Phi) is 6.94. The van der Waals surface area contributed by atoms with Crippen molar-refractivity contribution in [3.63, 3.8) is 0 Å². The lowest BCUT2D eigenvalue weighted by Crippen LogP contribution is -2.31. The van der Waals surface area contributed by atoms with Gasteiger partial charge >= 0.3 is 0 Å². The summed E-state index contributed by atoms with van der Waals surface area (Å²) < 4.78 is 0. The Morgan fingerprint density at radius 3 is 1.81 bits per heavy atom. The lowest BCUT2D eigenvalue weighted by atomic mass is 10.1. The van der Waals surface area contributed by atoms with E-state index in [9.17, 15) is 14.4 Å². The molecule has 1 aromatic rings. The monoisotopic (exact) mass is 291 g/mol. The lowest BCUT2D eigenvalue weighted by Gasteiger charge is -2.07. The van der Waals surface area contributed by atoms with Crippen molar-refractivity contribution in [3.8, 4) is 0 Å². The molecular weight excluding hydrogens is 270 g/mol. The van der Waals surface area contributed by atoms with Gasteiger partial charge in [-0.1, -0.05) is 24.3 Å². The van der Waals surface area contributed by atoms with Crippen molar-refractivity contribution >= 4 is 17.7 Å². The molecule has 0 aliphatic carbocycles. The first-order valence-electron chi connectivity index (χ1n) is 6.87. The maximum Gasteiger partial charge on any atom is 0.229 e. The van der Waals surface area contributed by atoms with Crippen molar-refractivity contribution < 1.29 is 14.4 Å². The predicted octanol–water partition coefficient (Wildman–Crippen LogP) is 0.465. The summed E-state index contributed by atoms with van der Waals surface area (Å²) in [5.41, 5.74) is 1.92. The molecule has 0 heterocycles. The van der Waals surface area contributed by atoms with Gasteiger partial charge in [0.15, 0.2) is 0 Å². The predicted molar refractivity (Wildman–Crippen MR) is 79.1 cm³/mol. The first-order valence-corrected chi connectivity index (χ1v) is 6.87. The summed E-state index contributed by atoms with van der Waals surface area (Å²) in [5, 5.41) is 7.97. The maximum absolute atomic E-state index is 11.5. The van der Waals surface area contributed by atoms with Crippen molar-refractivity contribution in [1.29, 1.82) is 0 Å². The molecule has 0 radical (unpaired) electrons. The molecule has 0 aromatic heterocycles. The third-order valence-electron chi connectivity index (χ3n) is 2.75. The fourth-order valence-electron chi connectivity index (χ4n) is 1.67. The van der Waals surface area contributed by atoms with Crippen LogP contribution in [0.1, 0.15) is 31.4 Å². The number of rotatable bonds is 7. The summed E-state index contributed by atoms with van der Waals surface area (Å²) in [6.45, 7) is 4.65. The summed E-state index contributed by atoms with van der Waals surface area (Å²) in [7, 11) is 0. The maximum atomic E-state index is 11.5. The zero-order chi connectivity index (χ0) is 15.7. The Labute approximate surface area is 124 Å². The van der Waals surface area contributed by atoms with E-state index in [-0.39, 0.29) is 24.1 Å². The number of benzene rings is 1. The molecule has 3 N–H and O–H groups in total. The smallest absolute Gasteiger partial charge is 0.229 e. The van der Waals surface area contributed by atoms with Crippen LogP contribution in [0.25, 0.3) is 0 Å². The van der Waals surface area contributed by atoms with Crippen molar-refractivity contribution in [2.75, 3.05) is 6.54 Å². The van der Waals surface area contributed by atoms with Gasteiger partial charge in [-0.05, 0) is 18.1 Å². The molecule has 0 aliphatic heterocycles. The Morgan fingerprint density at radius 2 is 1.33 bits per heavy atom. The topological polar surface area (TPSA) is 87.3 Å². The van der Waals surface area contributed by atoms with Gasteiger partial charge in [0.1, 0.15) is 6.42 Å². The van der Waals surface area contributed by atoms with Crippen LogP contribution in [-0.2, 0) is 27.5 Å². The number of carbonyl (C=O) groups is 3. The van der Waals surface area contributed by atoms with Crippen LogP contribution < -0.4 is 16.0 Å². The number of hydrogen-bond acceptors (Lipinski definition) is 3. The number of carbonyl (C=O) groups excluding carboxylic acids is 3. The standard InChI is InChI=1S/C15H21N3O3/c1-3-16-14(20)8-15(21)18-10-13-6-4-12(5-7-13)9-17-11(2)19/h4-7H,3,8-10H2,1-2H3,(H,16,20)(H,17,19)(H,18,21). The highest BCUT2D eigenvalue weighted by molar-refractivity contribution is 5.96. The Bertz CT molecular complexity index is 497. The van der Waals surface area contributed by atoms with E-state index in [4.69, 9.17) is 0 Å². The van der Waals surface area contributed by atoms with Gasteiger partial charge in [-0.25, -0.2) is 0 Å². The third kappa shape index (κ3) is 7.10. The van der Waals surface area contributed by atoms with Gasteiger partial charge in [0.25, 0.3) is 0 Å². The molecule has 21 heavy (non-hydrogen) atoms. The van der Waals surface area contributed by atoms with E-state index in [1.165, 1.54) is 6.92 Å². The van der Waals surface area contributed by atoms with E-state index < -0.39 is 0 Å². The van der Waals surface area contributed by atoms with E-state index in [2.05, 4.69) is 16.0 Å².